The standard InChI is InChI=1S/C16H20FNO3S/c17-12-3-5-13(6-4-12)22-10-2-9-18-14(19)11-16(15(20)21)7-1-8-16/h3-6H,1-2,7-11H2,(H,18,19)(H,20,21). The van der Waals surface area contributed by atoms with Crippen LogP contribution in [0.4, 0.5) is 4.39 Å². The van der Waals surface area contributed by atoms with Crippen LogP contribution in [0, 0.1) is 11.2 Å². The molecule has 0 spiro atoms. The molecule has 0 saturated heterocycles. The summed E-state index contributed by atoms with van der Waals surface area (Å²) in [7, 11) is 0. The summed E-state index contributed by atoms with van der Waals surface area (Å²) in [4.78, 5) is 24.0. The van der Waals surface area contributed by atoms with E-state index in [1.54, 1.807) is 23.9 Å². The van der Waals surface area contributed by atoms with Crippen LogP contribution in [0.1, 0.15) is 32.1 Å². The molecule has 1 aromatic rings. The van der Waals surface area contributed by atoms with Gasteiger partial charge in [-0.2, -0.15) is 0 Å². The van der Waals surface area contributed by atoms with Crippen LogP contribution >= 0.6 is 11.8 Å². The van der Waals surface area contributed by atoms with Gasteiger partial charge in [-0.05, 0) is 49.3 Å². The molecule has 1 aliphatic rings. The molecular formula is C16H20FNO3S. The Hall–Kier alpha value is -1.56. The van der Waals surface area contributed by atoms with Crippen LogP contribution in [0.3, 0.4) is 0 Å². The van der Waals surface area contributed by atoms with Crippen molar-refractivity contribution in [3.8, 4) is 0 Å². The van der Waals surface area contributed by atoms with Gasteiger partial charge in [0.15, 0.2) is 0 Å². The normalized spacial score (nSPS) is 15.9. The van der Waals surface area contributed by atoms with Crippen molar-refractivity contribution in [2.45, 2.75) is 37.0 Å². The fraction of sp³-hybridized carbons (Fsp3) is 0.500. The number of hydrogen-bond acceptors (Lipinski definition) is 3. The van der Waals surface area contributed by atoms with E-state index in [4.69, 9.17) is 0 Å². The average Bonchev–Trinajstić information content (AvgIpc) is 2.44. The summed E-state index contributed by atoms with van der Waals surface area (Å²) >= 11 is 1.60. The SMILES string of the molecule is O=C(CC1(C(=O)O)CCC1)NCCCSc1ccc(F)cc1. The van der Waals surface area contributed by atoms with E-state index in [9.17, 15) is 19.1 Å². The van der Waals surface area contributed by atoms with Crippen molar-refractivity contribution in [2.24, 2.45) is 5.41 Å². The van der Waals surface area contributed by atoms with Gasteiger partial charge in [0.25, 0.3) is 0 Å². The summed E-state index contributed by atoms with van der Waals surface area (Å²) in [5.41, 5.74) is -0.826. The first-order chi connectivity index (χ1) is 10.5. The van der Waals surface area contributed by atoms with Crippen LogP contribution in [0.5, 0.6) is 0 Å². The molecule has 0 atom stereocenters. The van der Waals surface area contributed by atoms with E-state index in [1.165, 1.54) is 12.1 Å². The highest BCUT2D eigenvalue weighted by atomic mass is 32.2. The summed E-state index contributed by atoms with van der Waals surface area (Å²) < 4.78 is 12.7. The van der Waals surface area contributed by atoms with Gasteiger partial charge in [0.1, 0.15) is 5.82 Å². The molecule has 0 radical (unpaired) electrons. The number of carbonyl (C=O) groups excluding carboxylic acids is 1. The Kier molecular flexibility index (Phi) is 5.83. The smallest absolute Gasteiger partial charge is 0.310 e. The first kappa shape index (κ1) is 16.8. The number of rotatable bonds is 8. The number of amides is 1. The van der Waals surface area contributed by atoms with Crippen molar-refractivity contribution in [2.75, 3.05) is 12.3 Å². The van der Waals surface area contributed by atoms with Gasteiger partial charge < -0.3 is 10.4 Å². The summed E-state index contributed by atoms with van der Waals surface area (Å²) in [6.07, 6.45) is 2.93. The van der Waals surface area contributed by atoms with E-state index < -0.39 is 11.4 Å². The molecule has 6 heteroatoms. The summed E-state index contributed by atoms with van der Waals surface area (Å²) in [5, 5.41) is 12.0. The molecule has 1 aromatic carbocycles. The molecule has 1 aliphatic carbocycles. The van der Waals surface area contributed by atoms with Gasteiger partial charge in [0, 0.05) is 17.9 Å². The molecular weight excluding hydrogens is 305 g/mol. The van der Waals surface area contributed by atoms with Gasteiger partial charge in [-0.25, -0.2) is 4.39 Å². The minimum absolute atomic E-state index is 0.0768. The molecule has 0 heterocycles. The van der Waals surface area contributed by atoms with Crippen LogP contribution in [0.15, 0.2) is 29.2 Å². The Morgan fingerprint density at radius 2 is 1.95 bits per heavy atom. The lowest BCUT2D eigenvalue weighted by atomic mass is 9.66. The Morgan fingerprint density at radius 1 is 1.27 bits per heavy atom. The van der Waals surface area contributed by atoms with Crippen molar-refractivity contribution < 1.29 is 19.1 Å². The molecule has 120 valence electrons. The number of thioether (sulfide) groups is 1. The summed E-state index contributed by atoms with van der Waals surface area (Å²) in [6, 6.07) is 6.31. The lowest BCUT2D eigenvalue weighted by molar-refractivity contribution is -0.157. The van der Waals surface area contributed by atoms with Crippen LogP contribution in [-0.4, -0.2) is 29.3 Å². The molecule has 1 amide bonds. The fourth-order valence-electron chi connectivity index (χ4n) is 2.46. The number of aliphatic carboxylic acids is 1. The van der Waals surface area contributed by atoms with E-state index in [2.05, 4.69) is 5.32 Å². The molecule has 4 nitrogen and oxygen atoms in total. The molecule has 2 N–H and O–H groups in total. The van der Waals surface area contributed by atoms with E-state index >= 15 is 0 Å². The van der Waals surface area contributed by atoms with Gasteiger partial charge in [-0.3, -0.25) is 9.59 Å². The molecule has 0 aliphatic heterocycles. The third kappa shape index (κ3) is 4.47. The summed E-state index contributed by atoms with van der Waals surface area (Å²) in [6.45, 7) is 0.530. The third-order valence-electron chi connectivity index (χ3n) is 3.99. The average molecular weight is 325 g/mol. The van der Waals surface area contributed by atoms with Crippen molar-refractivity contribution in [1.82, 2.24) is 5.32 Å². The lowest BCUT2D eigenvalue weighted by Crippen LogP contribution is -2.42. The lowest BCUT2D eigenvalue weighted by Gasteiger charge is -2.36. The maximum Gasteiger partial charge on any atom is 0.310 e. The molecule has 1 saturated carbocycles. The van der Waals surface area contributed by atoms with Gasteiger partial charge in [0.2, 0.25) is 5.91 Å². The van der Waals surface area contributed by atoms with Crippen molar-refractivity contribution >= 4 is 23.6 Å². The number of hydrogen-bond donors (Lipinski definition) is 2. The number of nitrogens with one attached hydrogen (secondary N) is 1. The Bertz CT molecular complexity index is 529. The number of carboxylic acid groups (broad SMARTS) is 1. The maximum atomic E-state index is 12.7. The van der Waals surface area contributed by atoms with Crippen LogP contribution in [0.2, 0.25) is 0 Å². The van der Waals surface area contributed by atoms with Gasteiger partial charge in [-0.1, -0.05) is 6.42 Å². The van der Waals surface area contributed by atoms with Crippen molar-refractivity contribution in [3.63, 3.8) is 0 Å². The predicted octanol–water partition coefficient (Wildman–Crippen LogP) is 3.07. The first-order valence-electron chi connectivity index (χ1n) is 7.40. The quantitative estimate of drug-likeness (QED) is 0.569. The molecule has 1 fully saturated rings. The van der Waals surface area contributed by atoms with Crippen LogP contribution < -0.4 is 5.32 Å². The Labute approximate surface area is 133 Å². The first-order valence-corrected chi connectivity index (χ1v) is 8.39. The van der Waals surface area contributed by atoms with Gasteiger partial charge in [0.05, 0.1) is 5.41 Å². The third-order valence-corrected chi connectivity index (χ3v) is 5.09. The summed E-state index contributed by atoms with van der Waals surface area (Å²) in [5.74, 6) is -0.481. The molecule has 2 rings (SSSR count). The number of benzene rings is 1. The highest BCUT2D eigenvalue weighted by molar-refractivity contribution is 7.99. The monoisotopic (exact) mass is 325 g/mol. The predicted molar refractivity (Wildman–Crippen MR) is 83.3 cm³/mol. The molecule has 0 bridgehead atoms. The Morgan fingerprint density at radius 3 is 2.50 bits per heavy atom. The number of carbonyl (C=O) groups is 2. The van der Waals surface area contributed by atoms with Gasteiger partial charge >= 0.3 is 5.97 Å². The van der Waals surface area contributed by atoms with Crippen molar-refractivity contribution in [1.29, 1.82) is 0 Å². The molecule has 22 heavy (non-hydrogen) atoms. The second-order valence-corrected chi connectivity index (χ2v) is 6.79. The maximum absolute atomic E-state index is 12.7. The van der Waals surface area contributed by atoms with E-state index in [0.717, 1.165) is 23.5 Å². The zero-order valence-electron chi connectivity index (χ0n) is 12.3. The minimum atomic E-state index is -0.860. The van der Waals surface area contributed by atoms with Gasteiger partial charge in [-0.15, -0.1) is 11.8 Å². The number of halogens is 1. The zero-order chi connectivity index (χ0) is 16.0. The van der Waals surface area contributed by atoms with E-state index in [0.29, 0.717) is 19.4 Å². The zero-order valence-corrected chi connectivity index (χ0v) is 13.1. The van der Waals surface area contributed by atoms with Crippen LogP contribution in [0.25, 0.3) is 0 Å². The molecule has 0 aromatic heterocycles. The van der Waals surface area contributed by atoms with E-state index in [1.807, 2.05) is 0 Å². The van der Waals surface area contributed by atoms with Crippen LogP contribution in [-0.2, 0) is 9.59 Å². The topological polar surface area (TPSA) is 66.4 Å². The number of carboxylic acids is 1. The minimum Gasteiger partial charge on any atom is -0.481 e. The second-order valence-electron chi connectivity index (χ2n) is 5.62. The molecule has 0 unspecified atom stereocenters. The highest BCUT2D eigenvalue weighted by Crippen LogP contribution is 2.44. The van der Waals surface area contributed by atoms with Crippen molar-refractivity contribution in [3.05, 3.63) is 30.1 Å². The second kappa shape index (κ2) is 7.63. The Balaban J connectivity index is 1.61. The van der Waals surface area contributed by atoms with E-state index in [-0.39, 0.29) is 18.1 Å². The fourth-order valence-corrected chi connectivity index (χ4v) is 3.31. The largest absolute Gasteiger partial charge is 0.481 e. The highest BCUT2D eigenvalue weighted by Gasteiger charge is 2.45.